The molecule has 1 saturated carbocycles. The van der Waals surface area contributed by atoms with E-state index in [-0.39, 0.29) is 17.5 Å². The van der Waals surface area contributed by atoms with E-state index < -0.39 is 0 Å². The van der Waals surface area contributed by atoms with Gasteiger partial charge in [-0.15, -0.1) is 0 Å². The third-order valence-corrected chi connectivity index (χ3v) is 4.74. The minimum absolute atomic E-state index is 0.0880. The van der Waals surface area contributed by atoms with Crippen LogP contribution in [0.25, 0.3) is 6.08 Å². The molecule has 5 nitrogen and oxygen atoms in total. The molecule has 0 spiro atoms. The fourth-order valence-electron chi connectivity index (χ4n) is 2.96. The number of hydrogen-bond donors (Lipinski definition) is 1. The predicted octanol–water partition coefficient (Wildman–Crippen LogP) is 4.21. The molecule has 1 fully saturated rings. The molecule has 1 aliphatic rings. The molecule has 0 unspecified atom stereocenters. The van der Waals surface area contributed by atoms with Crippen LogP contribution >= 0.6 is 15.9 Å². The Kier molecular flexibility index (Phi) is 7.32. The van der Waals surface area contributed by atoms with Crippen LogP contribution in [0.5, 0.6) is 11.5 Å². The summed E-state index contributed by atoms with van der Waals surface area (Å²) >= 11 is 3.44. The second kappa shape index (κ2) is 9.47. The van der Waals surface area contributed by atoms with E-state index in [0.29, 0.717) is 28.1 Å². The Balaban J connectivity index is 2.23. The van der Waals surface area contributed by atoms with Crippen molar-refractivity contribution in [1.82, 2.24) is 5.32 Å². The predicted molar refractivity (Wildman–Crippen MR) is 100 cm³/mol. The first kappa shape index (κ1) is 19.3. The molecule has 0 aliphatic heterocycles. The molecule has 2 rings (SSSR count). The Bertz CT molecular complexity index is 689. The van der Waals surface area contributed by atoms with Crippen molar-refractivity contribution in [3.63, 3.8) is 0 Å². The van der Waals surface area contributed by atoms with E-state index in [1.165, 1.54) is 6.42 Å². The van der Waals surface area contributed by atoms with Crippen LogP contribution in [0.15, 0.2) is 22.2 Å². The third kappa shape index (κ3) is 5.23. The van der Waals surface area contributed by atoms with Crippen LogP contribution < -0.4 is 14.8 Å². The zero-order valence-corrected chi connectivity index (χ0v) is 16.2. The minimum Gasteiger partial charge on any atom is -0.492 e. The van der Waals surface area contributed by atoms with E-state index in [0.717, 1.165) is 25.7 Å². The third-order valence-electron chi connectivity index (χ3n) is 4.15. The van der Waals surface area contributed by atoms with Gasteiger partial charge >= 0.3 is 0 Å². The van der Waals surface area contributed by atoms with E-state index in [1.807, 2.05) is 13.0 Å². The summed E-state index contributed by atoms with van der Waals surface area (Å²) in [6.07, 6.45) is 7.00. The molecule has 134 valence electrons. The molecule has 0 saturated heterocycles. The molecule has 1 aromatic carbocycles. The molecule has 6 heteroatoms. The Morgan fingerprint density at radius 2 is 2.12 bits per heavy atom. The molecule has 0 heterocycles. The van der Waals surface area contributed by atoms with Crippen LogP contribution in [0.3, 0.4) is 0 Å². The summed E-state index contributed by atoms with van der Waals surface area (Å²) in [5.41, 5.74) is 0.788. The van der Waals surface area contributed by atoms with E-state index >= 15 is 0 Å². The average Bonchev–Trinajstić information content (AvgIpc) is 2.60. The molecule has 0 radical (unpaired) electrons. The van der Waals surface area contributed by atoms with Gasteiger partial charge in [0, 0.05) is 6.04 Å². The molecule has 1 aromatic rings. The number of carbonyl (C=O) groups is 1. The Morgan fingerprint density at radius 1 is 1.40 bits per heavy atom. The van der Waals surface area contributed by atoms with Crippen molar-refractivity contribution < 1.29 is 14.3 Å². The highest BCUT2D eigenvalue weighted by atomic mass is 79.9. The van der Waals surface area contributed by atoms with Crippen molar-refractivity contribution in [2.24, 2.45) is 0 Å². The lowest BCUT2D eigenvalue weighted by Crippen LogP contribution is -2.36. The molecular weight excluding hydrogens is 384 g/mol. The topological polar surface area (TPSA) is 71.3 Å². The van der Waals surface area contributed by atoms with Gasteiger partial charge in [-0.05, 0) is 59.5 Å². The molecule has 0 aromatic heterocycles. The number of methoxy groups -OCH3 is 1. The Morgan fingerprint density at radius 3 is 2.72 bits per heavy atom. The fourth-order valence-corrected chi connectivity index (χ4v) is 3.58. The SMILES string of the molecule is CCOc1cc(/C=C(\C#N)C(=O)NC2CCCCC2)cc(Br)c1OC. The van der Waals surface area contributed by atoms with Gasteiger partial charge in [0.25, 0.3) is 5.91 Å². The molecule has 1 N–H and O–H groups in total. The largest absolute Gasteiger partial charge is 0.492 e. The normalized spacial score (nSPS) is 15.4. The van der Waals surface area contributed by atoms with Crippen LogP contribution in [0.1, 0.15) is 44.6 Å². The number of halogens is 1. The van der Waals surface area contributed by atoms with Gasteiger partial charge in [0.15, 0.2) is 11.5 Å². The Hall–Kier alpha value is -2.00. The fraction of sp³-hybridized carbons (Fsp3) is 0.474. The molecule has 0 atom stereocenters. The molecular formula is C19H23BrN2O3. The van der Waals surface area contributed by atoms with Crippen LogP contribution in [-0.2, 0) is 4.79 Å². The van der Waals surface area contributed by atoms with Crippen molar-refractivity contribution in [2.45, 2.75) is 45.1 Å². The lowest BCUT2D eigenvalue weighted by atomic mass is 9.95. The van der Waals surface area contributed by atoms with Crippen LogP contribution in [0.2, 0.25) is 0 Å². The van der Waals surface area contributed by atoms with Crippen molar-refractivity contribution in [3.8, 4) is 17.6 Å². The maximum absolute atomic E-state index is 12.4. The van der Waals surface area contributed by atoms with Gasteiger partial charge in [-0.2, -0.15) is 5.26 Å². The van der Waals surface area contributed by atoms with Crippen molar-refractivity contribution >= 4 is 27.9 Å². The summed E-state index contributed by atoms with van der Waals surface area (Å²) < 4.78 is 11.6. The first-order chi connectivity index (χ1) is 12.1. The maximum Gasteiger partial charge on any atom is 0.262 e. The number of nitrogens with one attached hydrogen (secondary N) is 1. The molecule has 1 aliphatic carbocycles. The summed E-state index contributed by atoms with van der Waals surface area (Å²) in [7, 11) is 1.57. The molecule has 25 heavy (non-hydrogen) atoms. The van der Waals surface area contributed by atoms with Crippen molar-refractivity contribution in [2.75, 3.05) is 13.7 Å². The first-order valence-corrected chi connectivity index (χ1v) is 9.31. The zero-order valence-electron chi connectivity index (χ0n) is 14.6. The summed E-state index contributed by atoms with van der Waals surface area (Å²) in [5, 5.41) is 12.4. The number of rotatable bonds is 6. The van der Waals surface area contributed by atoms with Crippen molar-refractivity contribution in [3.05, 3.63) is 27.7 Å². The standard InChI is InChI=1S/C19H23BrN2O3/c1-3-25-17-11-13(10-16(20)18(17)24-2)9-14(12-21)19(23)22-15-7-5-4-6-8-15/h9-11,15H,3-8H2,1-2H3,(H,22,23)/b14-9+. The summed E-state index contributed by atoms with van der Waals surface area (Å²) in [5.74, 6) is 0.832. The van der Waals surface area contributed by atoms with Crippen LogP contribution in [0.4, 0.5) is 0 Å². The lowest BCUT2D eigenvalue weighted by molar-refractivity contribution is -0.117. The summed E-state index contributed by atoms with van der Waals surface area (Å²) in [6.45, 7) is 2.37. The summed E-state index contributed by atoms with van der Waals surface area (Å²) in [6, 6.07) is 5.73. The summed E-state index contributed by atoms with van der Waals surface area (Å²) in [4.78, 5) is 12.4. The van der Waals surface area contributed by atoms with Gasteiger partial charge in [0.2, 0.25) is 0 Å². The molecule has 0 bridgehead atoms. The number of ether oxygens (including phenoxy) is 2. The van der Waals surface area contributed by atoms with Crippen LogP contribution in [-0.4, -0.2) is 25.7 Å². The number of hydrogen-bond acceptors (Lipinski definition) is 4. The smallest absolute Gasteiger partial charge is 0.262 e. The lowest BCUT2D eigenvalue weighted by Gasteiger charge is -2.22. The number of nitriles is 1. The number of benzene rings is 1. The van der Waals surface area contributed by atoms with Gasteiger partial charge in [0.05, 0.1) is 18.2 Å². The second-order valence-electron chi connectivity index (χ2n) is 5.95. The maximum atomic E-state index is 12.4. The first-order valence-electron chi connectivity index (χ1n) is 8.52. The van der Waals surface area contributed by atoms with Gasteiger partial charge in [-0.1, -0.05) is 19.3 Å². The number of carbonyl (C=O) groups excluding carboxylic acids is 1. The highest BCUT2D eigenvalue weighted by Crippen LogP contribution is 2.37. The highest BCUT2D eigenvalue weighted by molar-refractivity contribution is 9.10. The monoisotopic (exact) mass is 406 g/mol. The zero-order chi connectivity index (χ0) is 18.2. The quantitative estimate of drug-likeness (QED) is 0.567. The highest BCUT2D eigenvalue weighted by Gasteiger charge is 2.18. The average molecular weight is 407 g/mol. The van der Waals surface area contributed by atoms with E-state index in [4.69, 9.17) is 9.47 Å². The van der Waals surface area contributed by atoms with E-state index in [2.05, 4.69) is 21.2 Å². The van der Waals surface area contributed by atoms with Gasteiger partial charge in [-0.25, -0.2) is 0 Å². The van der Waals surface area contributed by atoms with E-state index in [1.54, 1.807) is 25.3 Å². The minimum atomic E-state index is -0.320. The number of amides is 1. The van der Waals surface area contributed by atoms with Gasteiger partial charge in [0.1, 0.15) is 11.6 Å². The van der Waals surface area contributed by atoms with Gasteiger partial charge in [-0.3, -0.25) is 4.79 Å². The molecule has 1 amide bonds. The second-order valence-corrected chi connectivity index (χ2v) is 6.80. The van der Waals surface area contributed by atoms with E-state index in [9.17, 15) is 10.1 Å². The Labute approximate surface area is 157 Å². The van der Waals surface area contributed by atoms with Crippen molar-refractivity contribution in [1.29, 1.82) is 5.26 Å². The van der Waals surface area contributed by atoms with Crippen LogP contribution in [0, 0.1) is 11.3 Å². The van der Waals surface area contributed by atoms with Gasteiger partial charge < -0.3 is 14.8 Å². The number of nitrogens with zero attached hydrogens (tertiary/aromatic N) is 1.